The van der Waals surface area contributed by atoms with Gasteiger partial charge in [0.15, 0.2) is 11.5 Å². The highest BCUT2D eigenvalue weighted by molar-refractivity contribution is 14.1. The lowest BCUT2D eigenvalue weighted by Gasteiger charge is -2.12. The summed E-state index contributed by atoms with van der Waals surface area (Å²) < 4.78 is 14.0. The van der Waals surface area contributed by atoms with Crippen LogP contribution in [0.15, 0.2) is 57.4 Å². The van der Waals surface area contributed by atoms with Crippen molar-refractivity contribution in [3.8, 4) is 11.5 Å². The predicted molar refractivity (Wildman–Crippen MR) is 123 cm³/mol. The molecule has 1 aromatic heterocycles. The molecule has 0 fully saturated rings. The van der Waals surface area contributed by atoms with Gasteiger partial charge in [0.2, 0.25) is 0 Å². The van der Waals surface area contributed by atoms with Gasteiger partial charge < -0.3 is 9.47 Å². The van der Waals surface area contributed by atoms with Crippen LogP contribution in [0.5, 0.6) is 11.5 Å². The van der Waals surface area contributed by atoms with Gasteiger partial charge in [-0.05, 0) is 65.4 Å². The quantitative estimate of drug-likeness (QED) is 0.256. The molecule has 0 radical (unpaired) electrons. The molecule has 0 aliphatic heterocycles. The van der Waals surface area contributed by atoms with Crippen molar-refractivity contribution in [2.24, 2.45) is 5.10 Å². The highest BCUT2D eigenvalue weighted by Gasteiger charge is 2.11. The highest BCUT2D eigenvalue weighted by Crippen LogP contribution is 2.33. The van der Waals surface area contributed by atoms with Crippen LogP contribution in [-0.4, -0.2) is 29.6 Å². The first kappa shape index (κ1) is 20.5. The largest absolute Gasteiger partial charge is 0.493 e. The summed E-state index contributed by atoms with van der Waals surface area (Å²) in [5.41, 5.74) is 1.18. The minimum absolute atomic E-state index is 0.229. The Kier molecular flexibility index (Phi) is 6.50. The standard InChI is InChI=1S/C20H17BrIN3O3/c1-4-7-28-19-16(22)8-13(9-18(19)27-3)11-23-25-12(2)24-17-6-5-14(21)10-15(17)20(25)26/h4-6,8-11H,1,7H2,2-3H3. The van der Waals surface area contributed by atoms with Crippen molar-refractivity contribution in [1.29, 1.82) is 0 Å². The number of aryl methyl sites for hydroxylation is 1. The molecule has 144 valence electrons. The van der Waals surface area contributed by atoms with E-state index in [4.69, 9.17) is 9.47 Å². The van der Waals surface area contributed by atoms with Crippen LogP contribution in [0, 0.1) is 10.5 Å². The van der Waals surface area contributed by atoms with Crippen LogP contribution < -0.4 is 15.0 Å². The average Bonchev–Trinajstić information content (AvgIpc) is 2.67. The molecule has 0 saturated carbocycles. The summed E-state index contributed by atoms with van der Waals surface area (Å²) in [5, 5.41) is 4.85. The third-order valence-corrected chi connectivity index (χ3v) is 5.18. The first-order chi connectivity index (χ1) is 13.4. The minimum atomic E-state index is -0.229. The van der Waals surface area contributed by atoms with Gasteiger partial charge in [-0.1, -0.05) is 28.6 Å². The Bertz CT molecular complexity index is 1140. The van der Waals surface area contributed by atoms with Gasteiger partial charge >= 0.3 is 0 Å². The summed E-state index contributed by atoms with van der Waals surface area (Å²) in [7, 11) is 1.58. The summed E-state index contributed by atoms with van der Waals surface area (Å²) in [4.78, 5) is 17.3. The van der Waals surface area contributed by atoms with Crippen molar-refractivity contribution in [2.75, 3.05) is 13.7 Å². The second-order valence-electron chi connectivity index (χ2n) is 5.82. The van der Waals surface area contributed by atoms with Crippen molar-refractivity contribution < 1.29 is 9.47 Å². The second-order valence-corrected chi connectivity index (χ2v) is 7.89. The molecule has 8 heteroatoms. The number of halogens is 2. The Hall–Kier alpha value is -2.20. The van der Waals surface area contributed by atoms with Crippen LogP contribution in [0.2, 0.25) is 0 Å². The van der Waals surface area contributed by atoms with Gasteiger partial charge in [0, 0.05) is 4.47 Å². The molecule has 2 aromatic carbocycles. The average molecular weight is 554 g/mol. The SMILES string of the molecule is C=CCOc1c(I)cc(C=Nn2c(C)nc3ccc(Br)cc3c2=O)cc1OC. The zero-order chi connectivity index (χ0) is 20.3. The molecule has 0 amide bonds. The maximum absolute atomic E-state index is 12.8. The van der Waals surface area contributed by atoms with E-state index >= 15 is 0 Å². The lowest BCUT2D eigenvalue weighted by atomic mass is 10.2. The van der Waals surface area contributed by atoms with Crippen molar-refractivity contribution in [2.45, 2.75) is 6.92 Å². The van der Waals surface area contributed by atoms with Crippen LogP contribution in [0.4, 0.5) is 0 Å². The molecular formula is C20H17BrIN3O3. The Labute approximate surface area is 184 Å². The molecule has 0 spiro atoms. The number of fused-ring (bicyclic) bond motifs is 1. The molecule has 0 bridgehead atoms. The smallest absolute Gasteiger partial charge is 0.282 e. The van der Waals surface area contributed by atoms with Crippen molar-refractivity contribution >= 4 is 55.6 Å². The summed E-state index contributed by atoms with van der Waals surface area (Å²) in [6.45, 7) is 5.78. The van der Waals surface area contributed by atoms with E-state index in [1.54, 1.807) is 44.5 Å². The molecule has 0 unspecified atom stereocenters. The lowest BCUT2D eigenvalue weighted by Crippen LogP contribution is -2.20. The van der Waals surface area contributed by atoms with Gasteiger partial charge in [-0.3, -0.25) is 4.79 Å². The van der Waals surface area contributed by atoms with Crippen molar-refractivity contribution in [3.63, 3.8) is 0 Å². The Balaban J connectivity index is 2.03. The van der Waals surface area contributed by atoms with Crippen LogP contribution >= 0.6 is 38.5 Å². The summed E-state index contributed by atoms with van der Waals surface area (Å²) in [6.07, 6.45) is 3.27. The number of aromatic nitrogens is 2. The van der Waals surface area contributed by atoms with Crippen LogP contribution in [-0.2, 0) is 0 Å². The summed E-state index contributed by atoms with van der Waals surface area (Å²) >= 11 is 5.56. The fourth-order valence-corrected chi connectivity index (χ4v) is 3.76. The number of nitrogens with zero attached hydrogens (tertiary/aromatic N) is 3. The lowest BCUT2D eigenvalue weighted by molar-refractivity contribution is 0.324. The molecule has 1 heterocycles. The molecule has 3 rings (SSSR count). The predicted octanol–water partition coefficient (Wildman–Crippen LogP) is 4.53. The van der Waals surface area contributed by atoms with E-state index in [0.717, 1.165) is 13.6 Å². The maximum Gasteiger partial charge on any atom is 0.282 e. The van der Waals surface area contributed by atoms with Gasteiger partial charge in [-0.15, -0.1) is 0 Å². The maximum atomic E-state index is 12.8. The third-order valence-electron chi connectivity index (χ3n) is 3.89. The monoisotopic (exact) mass is 553 g/mol. The molecule has 0 atom stereocenters. The third kappa shape index (κ3) is 4.27. The minimum Gasteiger partial charge on any atom is -0.493 e. The normalized spacial score (nSPS) is 11.1. The molecular weight excluding hydrogens is 537 g/mol. The van der Waals surface area contributed by atoms with E-state index in [1.807, 2.05) is 12.1 Å². The van der Waals surface area contributed by atoms with Gasteiger partial charge in [0.1, 0.15) is 12.4 Å². The van der Waals surface area contributed by atoms with Crippen LogP contribution in [0.25, 0.3) is 10.9 Å². The van der Waals surface area contributed by atoms with Gasteiger partial charge in [0.25, 0.3) is 5.56 Å². The fraction of sp³-hybridized carbons (Fsp3) is 0.150. The van der Waals surface area contributed by atoms with Crippen molar-refractivity contribution in [1.82, 2.24) is 9.66 Å². The van der Waals surface area contributed by atoms with E-state index in [2.05, 4.69) is 55.2 Å². The molecule has 6 nitrogen and oxygen atoms in total. The van der Waals surface area contributed by atoms with E-state index in [9.17, 15) is 4.79 Å². The zero-order valence-corrected chi connectivity index (χ0v) is 19.0. The summed E-state index contributed by atoms with van der Waals surface area (Å²) in [6, 6.07) is 9.10. The van der Waals surface area contributed by atoms with E-state index in [1.165, 1.54) is 4.68 Å². The number of rotatable bonds is 6. The number of hydrogen-bond donors (Lipinski definition) is 0. The fourth-order valence-electron chi connectivity index (χ4n) is 2.62. The van der Waals surface area contributed by atoms with Crippen molar-refractivity contribution in [3.05, 3.63) is 72.8 Å². The Morgan fingerprint density at radius 3 is 2.86 bits per heavy atom. The molecule has 0 saturated heterocycles. The topological polar surface area (TPSA) is 65.7 Å². The van der Waals surface area contributed by atoms with Gasteiger partial charge in [-0.2, -0.15) is 9.78 Å². The second kappa shape index (κ2) is 8.87. The number of benzene rings is 2. The molecule has 0 aliphatic carbocycles. The number of ether oxygens (including phenoxy) is 2. The molecule has 0 aliphatic rings. The van der Waals surface area contributed by atoms with Gasteiger partial charge in [-0.25, -0.2) is 4.98 Å². The molecule has 0 N–H and O–H groups in total. The van der Waals surface area contributed by atoms with Gasteiger partial charge in [0.05, 0.1) is 27.8 Å². The van der Waals surface area contributed by atoms with Crippen LogP contribution in [0.1, 0.15) is 11.4 Å². The Morgan fingerprint density at radius 1 is 1.36 bits per heavy atom. The first-order valence-electron chi connectivity index (χ1n) is 8.29. The number of methoxy groups -OCH3 is 1. The number of hydrogen-bond acceptors (Lipinski definition) is 5. The van der Waals surface area contributed by atoms with E-state index in [0.29, 0.717) is 34.8 Å². The van der Waals surface area contributed by atoms with Crippen LogP contribution in [0.3, 0.4) is 0 Å². The summed E-state index contributed by atoms with van der Waals surface area (Å²) in [5.74, 6) is 1.73. The molecule has 3 aromatic rings. The zero-order valence-electron chi connectivity index (χ0n) is 15.3. The van der Waals surface area contributed by atoms with E-state index < -0.39 is 0 Å². The van der Waals surface area contributed by atoms with E-state index in [-0.39, 0.29) is 5.56 Å². The Morgan fingerprint density at radius 2 is 2.14 bits per heavy atom. The first-order valence-corrected chi connectivity index (χ1v) is 10.2. The molecule has 28 heavy (non-hydrogen) atoms. The highest BCUT2D eigenvalue weighted by atomic mass is 127.